The van der Waals surface area contributed by atoms with Gasteiger partial charge >= 0.3 is 6.03 Å². The number of piperazine rings is 1. The van der Waals surface area contributed by atoms with Crippen molar-refractivity contribution < 1.29 is 4.79 Å². The number of carbonyl (C=O) groups excluding carboxylic acids is 1. The number of nitrogens with zero attached hydrogens (tertiary/aromatic N) is 4. The van der Waals surface area contributed by atoms with Crippen molar-refractivity contribution in [2.45, 2.75) is 12.6 Å². The predicted molar refractivity (Wildman–Crippen MR) is 101 cm³/mol. The van der Waals surface area contributed by atoms with Gasteiger partial charge in [0.25, 0.3) is 0 Å². The van der Waals surface area contributed by atoms with Crippen LogP contribution in [0.5, 0.6) is 0 Å². The maximum absolute atomic E-state index is 12.8. The topological polar surface area (TPSA) is 52.9 Å². The summed E-state index contributed by atoms with van der Waals surface area (Å²) in [7, 11) is 2.10. The molecule has 1 aliphatic rings. The van der Waals surface area contributed by atoms with Crippen LogP contribution in [0.15, 0.2) is 60.9 Å². The van der Waals surface area contributed by atoms with Crippen LogP contribution in [-0.2, 0) is 6.54 Å². The van der Waals surface area contributed by atoms with Gasteiger partial charge in [-0.3, -0.25) is 0 Å². The molecule has 1 fully saturated rings. The normalized spacial score (nSPS) is 18.2. The summed E-state index contributed by atoms with van der Waals surface area (Å²) in [6.07, 6.45) is 3.91. The number of hydrogen-bond donors (Lipinski definition) is 1. The van der Waals surface area contributed by atoms with E-state index in [4.69, 9.17) is 0 Å². The molecule has 0 saturated carbocycles. The van der Waals surface area contributed by atoms with Crippen molar-refractivity contribution in [2.24, 2.45) is 0 Å². The standard InChI is InChI=1S/C20H23N5O/c1-23-11-12-25(18(15-23)16-7-3-2-4-8-16)20(26)21-13-17-14-24-10-6-5-9-19(24)22-17/h2-10,14,18H,11-13,15H2,1H3,(H,21,26)/t18-/m0/s1. The number of hydrogen-bond acceptors (Lipinski definition) is 3. The molecule has 1 N–H and O–H groups in total. The second-order valence-electron chi connectivity index (χ2n) is 6.74. The molecule has 134 valence electrons. The third-order valence-electron chi connectivity index (χ3n) is 4.86. The van der Waals surface area contributed by atoms with E-state index in [0.29, 0.717) is 13.1 Å². The van der Waals surface area contributed by atoms with E-state index in [-0.39, 0.29) is 12.1 Å². The summed E-state index contributed by atoms with van der Waals surface area (Å²) < 4.78 is 1.96. The van der Waals surface area contributed by atoms with E-state index in [0.717, 1.165) is 24.4 Å². The fraction of sp³-hybridized carbons (Fsp3) is 0.300. The molecule has 0 unspecified atom stereocenters. The molecule has 3 aromatic rings. The average molecular weight is 349 g/mol. The van der Waals surface area contributed by atoms with Crippen LogP contribution in [0.4, 0.5) is 4.79 Å². The Morgan fingerprint density at radius 1 is 1.15 bits per heavy atom. The smallest absolute Gasteiger partial charge is 0.318 e. The highest BCUT2D eigenvalue weighted by atomic mass is 16.2. The van der Waals surface area contributed by atoms with Crippen molar-refractivity contribution in [1.29, 1.82) is 0 Å². The zero-order valence-electron chi connectivity index (χ0n) is 14.9. The minimum absolute atomic E-state index is 0.0380. The Balaban J connectivity index is 1.46. The Bertz CT molecular complexity index is 858. The van der Waals surface area contributed by atoms with E-state index >= 15 is 0 Å². The summed E-state index contributed by atoms with van der Waals surface area (Å²) in [4.78, 5) is 21.6. The SMILES string of the molecule is CN1CCN(C(=O)NCc2cn3ccccc3n2)[C@H](c2ccccc2)C1. The number of rotatable bonds is 3. The highest BCUT2D eigenvalue weighted by Crippen LogP contribution is 2.24. The monoisotopic (exact) mass is 349 g/mol. The van der Waals surface area contributed by atoms with Gasteiger partial charge in [-0.15, -0.1) is 0 Å². The van der Waals surface area contributed by atoms with E-state index in [9.17, 15) is 4.79 Å². The van der Waals surface area contributed by atoms with Gasteiger partial charge in [0.15, 0.2) is 0 Å². The molecular formula is C20H23N5O. The van der Waals surface area contributed by atoms with Gasteiger partial charge in [-0.2, -0.15) is 0 Å². The van der Waals surface area contributed by atoms with Crippen LogP contribution < -0.4 is 5.32 Å². The first-order valence-corrected chi connectivity index (χ1v) is 8.91. The first-order valence-electron chi connectivity index (χ1n) is 8.91. The van der Waals surface area contributed by atoms with Crippen molar-refractivity contribution in [3.8, 4) is 0 Å². The van der Waals surface area contributed by atoms with E-state index in [1.54, 1.807) is 0 Å². The second-order valence-corrected chi connectivity index (χ2v) is 6.74. The molecule has 1 saturated heterocycles. The minimum atomic E-state index is -0.0380. The van der Waals surface area contributed by atoms with Gasteiger partial charge in [-0.05, 0) is 24.7 Å². The lowest BCUT2D eigenvalue weighted by Gasteiger charge is -2.40. The summed E-state index contributed by atoms with van der Waals surface area (Å²) in [5.41, 5.74) is 2.91. The third kappa shape index (κ3) is 3.41. The molecule has 3 heterocycles. The number of urea groups is 1. The van der Waals surface area contributed by atoms with Gasteiger partial charge in [-0.1, -0.05) is 36.4 Å². The van der Waals surface area contributed by atoms with Crippen LogP contribution >= 0.6 is 0 Å². The molecule has 2 amide bonds. The number of fused-ring (bicyclic) bond motifs is 1. The molecule has 0 bridgehead atoms. The fourth-order valence-corrected chi connectivity index (χ4v) is 3.46. The van der Waals surface area contributed by atoms with E-state index in [2.05, 4.69) is 34.4 Å². The Hall–Kier alpha value is -2.86. The number of carbonyl (C=O) groups is 1. The van der Waals surface area contributed by atoms with Crippen molar-refractivity contribution in [1.82, 2.24) is 24.5 Å². The highest BCUT2D eigenvalue weighted by Gasteiger charge is 2.30. The number of pyridine rings is 1. The van der Waals surface area contributed by atoms with Crippen LogP contribution in [0.3, 0.4) is 0 Å². The molecule has 1 aromatic carbocycles. The maximum atomic E-state index is 12.8. The zero-order valence-corrected chi connectivity index (χ0v) is 14.9. The average Bonchev–Trinajstić information content (AvgIpc) is 3.10. The van der Waals surface area contributed by atoms with Crippen LogP contribution in [-0.4, -0.2) is 51.9 Å². The summed E-state index contributed by atoms with van der Waals surface area (Å²) >= 11 is 0. The quantitative estimate of drug-likeness (QED) is 0.791. The number of nitrogens with one attached hydrogen (secondary N) is 1. The van der Waals surface area contributed by atoms with Crippen molar-refractivity contribution in [3.63, 3.8) is 0 Å². The molecule has 0 spiro atoms. The summed E-state index contributed by atoms with van der Waals surface area (Å²) in [5.74, 6) is 0. The summed E-state index contributed by atoms with van der Waals surface area (Å²) in [5, 5.41) is 3.04. The van der Waals surface area contributed by atoms with Crippen LogP contribution in [0.25, 0.3) is 5.65 Å². The van der Waals surface area contributed by atoms with E-state index in [1.165, 1.54) is 5.56 Å². The van der Waals surface area contributed by atoms with E-state index < -0.39 is 0 Å². The van der Waals surface area contributed by atoms with Crippen molar-refractivity contribution in [2.75, 3.05) is 26.7 Å². The molecular weight excluding hydrogens is 326 g/mol. The minimum Gasteiger partial charge on any atom is -0.332 e. The number of imidazole rings is 1. The lowest BCUT2D eigenvalue weighted by Crippen LogP contribution is -2.52. The summed E-state index contributed by atoms with van der Waals surface area (Å²) in [6, 6.07) is 16.1. The van der Waals surface area contributed by atoms with Crippen molar-refractivity contribution >= 4 is 11.7 Å². The third-order valence-corrected chi connectivity index (χ3v) is 4.86. The van der Waals surface area contributed by atoms with Gasteiger partial charge in [-0.25, -0.2) is 9.78 Å². The molecule has 4 rings (SSSR count). The Labute approximate surface area is 153 Å². The molecule has 0 radical (unpaired) electrons. The Morgan fingerprint density at radius 3 is 2.77 bits per heavy atom. The number of amides is 2. The maximum Gasteiger partial charge on any atom is 0.318 e. The molecule has 1 atom stereocenters. The first kappa shape index (κ1) is 16.6. The Kier molecular flexibility index (Phi) is 4.58. The molecule has 1 aliphatic heterocycles. The summed E-state index contributed by atoms with van der Waals surface area (Å²) in [6.45, 7) is 2.86. The molecule has 6 heteroatoms. The highest BCUT2D eigenvalue weighted by molar-refractivity contribution is 5.75. The lowest BCUT2D eigenvalue weighted by molar-refractivity contribution is 0.108. The van der Waals surface area contributed by atoms with Crippen molar-refractivity contribution in [3.05, 3.63) is 72.2 Å². The van der Waals surface area contributed by atoms with E-state index in [1.807, 2.05) is 58.1 Å². The predicted octanol–water partition coefficient (Wildman–Crippen LogP) is 2.53. The molecule has 2 aromatic heterocycles. The van der Waals surface area contributed by atoms with Gasteiger partial charge in [0.1, 0.15) is 5.65 Å². The number of aromatic nitrogens is 2. The zero-order chi connectivity index (χ0) is 17.9. The van der Waals surface area contributed by atoms with Gasteiger partial charge in [0.05, 0.1) is 18.3 Å². The number of benzene rings is 1. The van der Waals surface area contributed by atoms with Gasteiger partial charge < -0.3 is 19.5 Å². The van der Waals surface area contributed by atoms with Crippen LogP contribution in [0.2, 0.25) is 0 Å². The molecule has 0 aliphatic carbocycles. The van der Waals surface area contributed by atoms with Crippen LogP contribution in [0, 0.1) is 0 Å². The number of likely N-dealkylation sites (N-methyl/N-ethyl adjacent to an activating group) is 1. The first-order chi connectivity index (χ1) is 12.7. The van der Waals surface area contributed by atoms with Gasteiger partial charge in [0.2, 0.25) is 0 Å². The lowest BCUT2D eigenvalue weighted by atomic mass is 10.0. The fourth-order valence-electron chi connectivity index (χ4n) is 3.46. The van der Waals surface area contributed by atoms with Crippen LogP contribution in [0.1, 0.15) is 17.3 Å². The molecule has 26 heavy (non-hydrogen) atoms. The Morgan fingerprint density at radius 2 is 1.96 bits per heavy atom. The second kappa shape index (κ2) is 7.17. The molecule has 6 nitrogen and oxygen atoms in total. The van der Waals surface area contributed by atoms with Gasteiger partial charge in [0, 0.05) is 32.0 Å². The largest absolute Gasteiger partial charge is 0.332 e.